The third kappa shape index (κ3) is 3.84. The molecule has 0 spiro atoms. The molecule has 4 bridgehead atoms. The minimum atomic E-state index is -0.962. The molecule has 2 aliphatic heterocycles. The lowest BCUT2D eigenvalue weighted by Gasteiger charge is -2.12. The molecule has 0 aliphatic carbocycles. The zero-order valence-electron chi connectivity index (χ0n) is 13.6. The molecule has 4 heteroatoms. The molecule has 2 aliphatic rings. The zero-order chi connectivity index (χ0) is 16.9. The van der Waals surface area contributed by atoms with Gasteiger partial charge in [0.05, 0.1) is 7.11 Å². The minimum Gasteiger partial charge on any atom is -0.493 e. The molecule has 4 rings (SSSR count). The monoisotopic (exact) mass is 324 g/mol. The number of allylic oxidation sites excluding steroid dienone is 1. The first-order valence-electron chi connectivity index (χ1n) is 7.98. The summed E-state index contributed by atoms with van der Waals surface area (Å²) in [6.07, 6.45) is 4.15. The van der Waals surface area contributed by atoms with Crippen LogP contribution >= 0.6 is 0 Å². The molecule has 0 amide bonds. The largest absolute Gasteiger partial charge is 0.493 e. The lowest BCUT2D eigenvalue weighted by molar-refractivity contribution is -0.126. The van der Waals surface area contributed by atoms with Gasteiger partial charge >= 0.3 is 0 Å². The van der Waals surface area contributed by atoms with E-state index < -0.39 is 6.10 Å². The van der Waals surface area contributed by atoms with E-state index in [4.69, 9.17) is 9.47 Å². The molecular weight excluding hydrogens is 304 g/mol. The van der Waals surface area contributed by atoms with Gasteiger partial charge in [0.2, 0.25) is 0 Å². The van der Waals surface area contributed by atoms with Crippen LogP contribution in [0.15, 0.2) is 48.5 Å². The van der Waals surface area contributed by atoms with Crippen LogP contribution in [0.1, 0.15) is 24.0 Å². The summed E-state index contributed by atoms with van der Waals surface area (Å²) in [7, 11) is 1.61. The van der Waals surface area contributed by atoms with Gasteiger partial charge in [-0.2, -0.15) is 0 Å². The van der Waals surface area contributed by atoms with Crippen LogP contribution < -0.4 is 9.47 Å². The third-order valence-corrected chi connectivity index (χ3v) is 4.01. The summed E-state index contributed by atoms with van der Waals surface area (Å²) < 4.78 is 11.3. The Hall–Kier alpha value is -2.59. The van der Waals surface area contributed by atoms with Crippen molar-refractivity contribution in [1.82, 2.24) is 0 Å². The number of aliphatic hydroxyl groups is 1. The first kappa shape index (κ1) is 16.3. The Bertz CT molecular complexity index is 747. The second kappa shape index (κ2) is 7.32. The fourth-order valence-electron chi connectivity index (χ4n) is 2.65. The maximum absolute atomic E-state index is 12.0. The highest BCUT2D eigenvalue weighted by molar-refractivity contribution is 5.83. The number of ketones is 1. The Labute approximate surface area is 141 Å². The maximum Gasteiger partial charge on any atom is 0.169 e. The van der Waals surface area contributed by atoms with Gasteiger partial charge in [0.25, 0.3) is 0 Å². The van der Waals surface area contributed by atoms with Gasteiger partial charge < -0.3 is 14.6 Å². The number of Topliss-reactive ketones (excluding diaryl/α,β-unsaturated/α-hetero) is 1. The molecule has 1 N–H and O–H groups in total. The van der Waals surface area contributed by atoms with Crippen molar-refractivity contribution in [2.75, 3.05) is 7.11 Å². The lowest BCUT2D eigenvalue weighted by atomic mass is 10.0. The van der Waals surface area contributed by atoms with Gasteiger partial charge in [-0.1, -0.05) is 30.4 Å². The van der Waals surface area contributed by atoms with Crippen molar-refractivity contribution in [3.8, 4) is 17.2 Å². The third-order valence-electron chi connectivity index (χ3n) is 4.01. The van der Waals surface area contributed by atoms with Gasteiger partial charge in [0, 0.05) is 12.8 Å². The quantitative estimate of drug-likeness (QED) is 0.867. The molecule has 0 saturated heterocycles. The Morgan fingerprint density at radius 1 is 1.17 bits per heavy atom. The van der Waals surface area contributed by atoms with E-state index in [1.807, 2.05) is 54.6 Å². The Balaban J connectivity index is 1.97. The summed E-state index contributed by atoms with van der Waals surface area (Å²) in [4.78, 5) is 12.0. The summed E-state index contributed by atoms with van der Waals surface area (Å²) in [6.45, 7) is 0. The number of methoxy groups -OCH3 is 1. The van der Waals surface area contributed by atoms with Gasteiger partial charge in [-0.15, -0.1) is 0 Å². The van der Waals surface area contributed by atoms with Crippen molar-refractivity contribution >= 4 is 11.9 Å². The number of benzene rings is 2. The van der Waals surface area contributed by atoms with E-state index in [1.54, 1.807) is 7.11 Å². The normalized spacial score (nSPS) is 17.8. The first-order valence-corrected chi connectivity index (χ1v) is 7.98. The van der Waals surface area contributed by atoms with Crippen molar-refractivity contribution in [3.63, 3.8) is 0 Å². The van der Waals surface area contributed by atoms with E-state index in [-0.39, 0.29) is 5.78 Å². The van der Waals surface area contributed by atoms with Gasteiger partial charge in [-0.25, -0.2) is 0 Å². The number of rotatable bonds is 1. The molecule has 4 nitrogen and oxygen atoms in total. The summed E-state index contributed by atoms with van der Waals surface area (Å²) in [5, 5.41) is 10.0. The standard InChI is InChI=1S/C20H20O4/c1-23-19-11-8-14-4-2-3-5-17(21)18(22)12-15-6-9-16(10-7-15)24-20(19)13-14/h2,4,6-11,13,18,22H,3,5,12H2,1H3. The molecule has 1 unspecified atom stereocenters. The predicted octanol–water partition coefficient (Wildman–Crippen LogP) is 3.77. The van der Waals surface area contributed by atoms with Crippen molar-refractivity contribution in [3.05, 3.63) is 59.7 Å². The van der Waals surface area contributed by atoms with Crippen LogP contribution in [0.25, 0.3) is 6.08 Å². The first-order chi connectivity index (χ1) is 11.7. The highest BCUT2D eigenvalue weighted by Gasteiger charge is 2.15. The molecule has 0 radical (unpaired) electrons. The second-order valence-corrected chi connectivity index (χ2v) is 5.78. The van der Waals surface area contributed by atoms with Gasteiger partial charge in [-0.3, -0.25) is 4.79 Å². The lowest BCUT2D eigenvalue weighted by Crippen LogP contribution is -2.22. The van der Waals surface area contributed by atoms with Crippen LogP contribution in [0.4, 0.5) is 0 Å². The van der Waals surface area contributed by atoms with Crippen molar-refractivity contribution < 1.29 is 19.4 Å². The highest BCUT2D eigenvalue weighted by atomic mass is 16.5. The van der Waals surface area contributed by atoms with Crippen LogP contribution in [0.2, 0.25) is 0 Å². The smallest absolute Gasteiger partial charge is 0.169 e. The average Bonchev–Trinajstić information content (AvgIpc) is 2.60. The molecule has 0 fully saturated rings. The number of hydrogen-bond donors (Lipinski definition) is 1. The zero-order valence-corrected chi connectivity index (χ0v) is 13.6. The van der Waals surface area contributed by atoms with E-state index in [9.17, 15) is 9.90 Å². The molecule has 0 aromatic heterocycles. The van der Waals surface area contributed by atoms with Crippen LogP contribution in [-0.4, -0.2) is 24.1 Å². The summed E-state index contributed by atoms with van der Waals surface area (Å²) >= 11 is 0. The van der Waals surface area contributed by atoms with Gasteiger partial charge in [-0.05, 0) is 41.8 Å². The van der Waals surface area contributed by atoms with E-state index in [1.165, 1.54) is 0 Å². The fourth-order valence-corrected chi connectivity index (χ4v) is 2.65. The molecule has 2 aromatic rings. The van der Waals surface area contributed by atoms with E-state index in [0.717, 1.165) is 11.1 Å². The number of ether oxygens (including phenoxy) is 2. The van der Waals surface area contributed by atoms with Crippen molar-refractivity contribution in [2.24, 2.45) is 0 Å². The summed E-state index contributed by atoms with van der Waals surface area (Å²) in [6, 6.07) is 13.1. The van der Waals surface area contributed by atoms with E-state index in [2.05, 4.69) is 0 Å². The molecule has 2 heterocycles. The number of fused-ring (bicyclic) bond motifs is 7. The number of carbonyl (C=O) groups excluding carboxylic acids is 1. The van der Waals surface area contributed by atoms with Gasteiger partial charge in [0.1, 0.15) is 11.9 Å². The molecule has 2 aromatic carbocycles. The average molecular weight is 324 g/mol. The molecule has 1 atom stereocenters. The molecular formula is C20H20O4. The number of hydrogen-bond acceptors (Lipinski definition) is 4. The Kier molecular flexibility index (Phi) is 4.96. The summed E-state index contributed by atoms with van der Waals surface area (Å²) in [5.74, 6) is 1.84. The van der Waals surface area contributed by atoms with Crippen LogP contribution in [0, 0.1) is 0 Å². The second-order valence-electron chi connectivity index (χ2n) is 5.78. The van der Waals surface area contributed by atoms with Crippen molar-refractivity contribution in [2.45, 2.75) is 25.4 Å². The highest BCUT2D eigenvalue weighted by Crippen LogP contribution is 2.33. The van der Waals surface area contributed by atoms with E-state index in [0.29, 0.717) is 36.5 Å². The number of aliphatic hydroxyl groups excluding tert-OH is 1. The summed E-state index contributed by atoms with van der Waals surface area (Å²) in [5.41, 5.74) is 1.86. The fraction of sp³-hybridized carbons (Fsp3) is 0.250. The Morgan fingerprint density at radius 2 is 1.96 bits per heavy atom. The molecule has 24 heavy (non-hydrogen) atoms. The van der Waals surface area contributed by atoms with Gasteiger partial charge in [0.15, 0.2) is 17.3 Å². The predicted molar refractivity (Wildman–Crippen MR) is 92.5 cm³/mol. The van der Waals surface area contributed by atoms with Crippen LogP contribution in [0.3, 0.4) is 0 Å². The Morgan fingerprint density at radius 3 is 2.71 bits per heavy atom. The van der Waals surface area contributed by atoms with E-state index >= 15 is 0 Å². The molecule has 124 valence electrons. The van der Waals surface area contributed by atoms with Crippen LogP contribution in [-0.2, 0) is 11.2 Å². The van der Waals surface area contributed by atoms with Crippen LogP contribution in [0.5, 0.6) is 17.2 Å². The molecule has 0 saturated carbocycles. The maximum atomic E-state index is 12.0. The van der Waals surface area contributed by atoms with Crippen molar-refractivity contribution in [1.29, 1.82) is 0 Å². The SMILES string of the molecule is COc1ccc2cc1Oc1ccc(cc1)CC(O)C(=O)CCC=C2. The topological polar surface area (TPSA) is 55.8 Å². The number of carbonyl (C=O) groups is 1. The minimum absolute atomic E-state index is 0.134.